The van der Waals surface area contributed by atoms with E-state index < -0.39 is 41.2 Å². The second-order valence-corrected chi connectivity index (χ2v) is 11.4. The van der Waals surface area contributed by atoms with Crippen molar-refractivity contribution in [2.24, 2.45) is 0 Å². The lowest BCUT2D eigenvalue weighted by Gasteiger charge is -2.31. The Balaban J connectivity index is 2.19. The Bertz CT molecular complexity index is 1180. The molecule has 35 heavy (non-hydrogen) atoms. The van der Waals surface area contributed by atoms with Crippen molar-refractivity contribution in [2.75, 3.05) is 22.6 Å². The summed E-state index contributed by atoms with van der Waals surface area (Å²) in [6.07, 6.45) is -1.51. The van der Waals surface area contributed by atoms with Crippen molar-refractivity contribution in [3.05, 3.63) is 17.0 Å². The molecule has 1 N–H and O–H groups in total. The summed E-state index contributed by atoms with van der Waals surface area (Å²) in [5.74, 6) is -1.11. The predicted molar refractivity (Wildman–Crippen MR) is 134 cm³/mol. The standard InChI is InChI=1S/C23H29ClN4O6S/c1-12-11-27(20(31)33-22(2,3)4)17-16-13(8-9-14(26-16)25-15(29)10-24)35-18(17)19(30)28(12)21(32)34-23(5,6)7/h8-9,12H,10-11H2,1-7H3,(H,25,26,29)/t12-/m1/s1. The van der Waals surface area contributed by atoms with Crippen molar-refractivity contribution >= 4 is 68.7 Å². The van der Waals surface area contributed by atoms with Gasteiger partial charge in [-0.1, -0.05) is 0 Å². The highest BCUT2D eigenvalue weighted by molar-refractivity contribution is 7.21. The number of hydrogen-bond acceptors (Lipinski definition) is 8. The summed E-state index contributed by atoms with van der Waals surface area (Å²) in [6, 6.07) is 2.52. The Kier molecular flexibility index (Phi) is 7.33. The molecule has 1 atom stereocenters. The molecule has 4 amide bonds. The van der Waals surface area contributed by atoms with Crippen molar-refractivity contribution in [2.45, 2.75) is 65.7 Å². The van der Waals surface area contributed by atoms with E-state index in [4.69, 9.17) is 21.1 Å². The molecule has 2 aromatic heterocycles. The minimum Gasteiger partial charge on any atom is -0.443 e. The number of halogens is 1. The van der Waals surface area contributed by atoms with Crippen LogP contribution >= 0.6 is 22.9 Å². The Morgan fingerprint density at radius 2 is 1.71 bits per heavy atom. The number of rotatable bonds is 2. The van der Waals surface area contributed by atoms with Gasteiger partial charge in [-0.2, -0.15) is 0 Å². The summed E-state index contributed by atoms with van der Waals surface area (Å²) in [4.78, 5) is 58.7. The maximum absolute atomic E-state index is 13.6. The van der Waals surface area contributed by atoms with E-state index >= 15 is 0 Å². The van der Waals surface area contributed by atoms with E-state index in [-0.39, 0.29) is 28.8 Å². The number of alkyl halides is 1. The summed E-state index contributed by atoms with van der Waals surface area (Å²) >= 11 is 6.67. The topological polar surface area (TPSA) is 118 Å². The molecule has 0 aromatic carbocycles. The fourth-order valence-corrected chi connectivity index (χ4v) is 4.56. The minimum absolute atomic E-state index is 0.0430. The van der Waals surface area contributed by atoms with E-state index in [0.717, 1.165) is 16.2 Å². The van der Waals surface area contributed by atoms with Gasteiger partial charge in [0.2, 0.25) is 5.91 Å². The maximum Gasteiger partial charge on any atom is 0.417 e. The van der Waals surface area contributed by atoms with E-state index in [0.29, 0.717) is 10.2 Å². The SMILES string of the molecule is C[C@@H]1CN(C(=O)OC(C)(C)C)c2c(sc3ccc(NC(=O)CCl)nc23)C(=O)N1C(=O)OC(C)(C)C. The predicted octanol–water partition coefficient (Wildman–Crippen LogP) is 4.99. The van der Waals surface area contributed by atoms with Crippen LogP contribution in [0.1, 0.15) is 58.1 Å². The number of carbonyl (C=O) groups is 4. The zero-order valence-electron chi connectivity index (χ0n) is 20.7. The van der Waals surface area contributed by atoms with Gasteiger partial charge >= 0.3 is 12.2 Å². The van der Waals surface area contributed by atoms with Crippen molar-refractivity contribution < 1.29 is 28.7 Å². The second kappa shape index (κ2) is 9.62. The zero-order chi connectivity index (χ0) is 26.3. The zero-order valence-corrected chi connectivity index (χ0v) is 22.3. The molecule has 0 aliphatic carbocycles. The first-order chi connectivity index (χ1) is 16.1. The molecule has 190 valence electrons. The molecule has 0 fully saturated rings. The van der Waals surface area contributed by atoms with Crippen LogP contribution in [0.5, 0.6) is 0 Å². The summed E-state index contributed by atoms with van der Waals surface area (Å²) in [7, 11) is 0. The van der Waals surface area contributed by atoms with Crippen LogP contribution in [0.25, 0.3) is 10.2 Å². The third-order valence-corrected chi connectivity index (χ3v) is 6.04. The van der Waals surface area contributed by atoms with Crippen molar-refractivity contribution in [1.29, 1.82) is 0 Å². The van der Waals surface area contributed by atoms with Crippen LogP contribution in [0.2, 0.25) is 0 Å². The monoisotopic (exact) mass is 524 g/mol. The highest BCUT2D eigenvalue weighted by Gasteiger charge is 2.42. The molecule has 0 saturated carbocycles. The molecule has 0 saturated heterocycles. The molecule has 0 bridgehead atoms. The lowest BCUT2D eigenvalue weighted by Crippen LogP contribution is -2.49. The first-order valence-corrected chi connectivity index (χ1v) is 12.3. The highest BCUT2D eigenvalue weighted by atomic mass is 35.5. The first kappa shape index (κ1) is 26.7. The fraction of sp³-hybridized carbons (Fsp3) is 0.522. The Labute approximate surface area is 212 Å². The molecular formula is C23H29ClN4O6S. The third-order valence-electron chi connectivity index (χ3n) is 4.67. The number of nitrogens with zero attached hydrogens (tertiary/aromatic N) is 3. The third kappa shape index (κ3) is 6.02. The van der Waals surface area contributed by atoms with Gasteiger partial charge in [-0.05, 0) is 60.6 Å². The Hall–Kier alpha value is -2.92. The number of nitrogens with one attached hydrogen (secondary N) is 1. The van der Waals surface area contributed by atoms with E-state index in [2.05, 4.69) is 10.3 Å². The molecule has 2 aromatic rings. The lowest BCUT2D eigenvalue weighted by molar-refractivity contribution is -0.114. The van der Waals surface area contributed by atoms with Crippen molar-refractivity contribution in [3.8, 4) is 0 Å². The minimum atomic E-state index is -0.825. The number of fused-ring (bicyclic) bond motifs is 3. The average molecular weight is 525 g/mol. The summed E-state index contributed by atoms with van der Waals surface area (Å²) in [5, 5.41) is 2.57. The van der Waals surface area contributed by atoms with Gasteiger partial charge in [-0.15, -0.1) is 22.9 Å². The van der Waals surface area contributed by atoms with E-state index in [9.17, 15) is 19.2 Å². The molecule has 1 aliphatic rings. The first-order valence-electron chi connectivity index (χ1n) is 11.0. The number of amides is 4. The van der Waals surface area contributed by atoms with Gasteiger partial charge in [0, 0.05) is 0 Å². The van der Waals surface area contributed by atoms with Crippen molar-refractivity contribution in [1.82, 2.24) is 9.88 Å². The number of pyridine rings is 1. The number of ether oxygens (including phenoxy) is 2. The normalized spacial score (nSPS) is 16.6. The van der Waals surface area contributed by atoms with E-state index in [1.807, 2.05) is 0 Å². The number of imide groups is 1. The van der Waals surface area contributed by atoms with Crippen LogP contribution in [0.15, 0.2) is 12.1 Å². The molecule has 12 heteroatoms. The quantitative estimate of drug-likeness (QED) is 0.549. The van der Waals surface area contributed by atoms with Crippen LogP contribution in [0.4, 0.5) is 21.1 Å². The van der Waals surface area contributed by atoms with Crippen molar-refractivity contribution in [3.63, 3.8) is 0 Å². The van der Waals surface area contributed by atoms with Gasteiger partial charge in [-0.3, -0.25) is 14.5 Å². The average Bonchev–Trinajstić information content (AvgIpc) is 3.02. The number of hydrogen-bond donors (Lipinski definition) is 1. The smallest absolute Gasteiger partial charge is 0.417 e. The summed E-state index contributed by atoms with van der Waals surface area (Å²) in [6.45, 7) is 11.9. The van der Waals surface area contributed by atoms with Crippen LogP contribution in [-0.2, 0) is 14.3 Å². The van der Waals surface area contributed by atoms with E-state index in [1.54, 1.807) is 60.6 Å². The summed E-state index contributed by atoms with van der Waals surface area (Å²) < 4.78 is 11.7. The Morgan fingerprint density at radius 3 is 2.29 bits per heavy atom. The molecule has 10 nitrogen and oxygen atoms in total. The molecule has 0 radical (unpaired) electrons. The van der Waals surface area contributed by atoms with Gasteiger partial charge in [0.25, 0.3) is 5.91 Å². The van der Waals surface area contributed by atoms with Crippen LogP contribution in [0, 0.1) is 0 Å². The van der Waals surface area contributed by atoms with Crippen LogP contribution in [-0.4, -0.2) is 63.6 Å². The number of thiophene rings is 1. The number of aromatic nitrogens is 1. The fourth-order valence-electron chi connectivity index (χ4n) is 3.41. The van der Waals surface area contributed by atoms with E-state index in [1.165, 1.54) is 4.90 Å². The molecule has 1 aliphatic heterocycles. The maximum atomic E-state index is 13.6. The van der Waals surface area contributed by atoms with Crippen LogP contribution in [0.3, 0.4) is 0 Å². The number of anilines is 2. The second-order valence-electron chi connectivity index (χ2n) is 10.1. The number of carbonyl (C=O) groups excluding carboxylic acids is 4. The highest BCUT2D eigenvalue weighted by Crippen LogP contribution is 2.41. The van der Waals surface area contributed by atoms with Gasteiger partial charge in [-0.25, -0.2) is 19.5 Å². The van der Waals surface area contributed by atoms with Crippen LogP contribution < -0.4 is 10.2 Å². The Morgan fingerprint density at radius 1 is 1.11 bits per heavy atom. The lowest BCUT2D eigenvalue weighted by atomic mass is 10.2. The molecule has 3 rings (SSSR count). The summed E-state index contributed by atoms with van der Waals surface area (Å²) in [5.41, 5.74) is -1.10. The molecule has 0 spiro atoms. The van der Waals surface area contributed by atoms with Gasteiger partial charge < -0.3 is 14.8 Å². The molecule has 3 heterocycles. The van der Waals surface area contributed by atoms with Gasteiger partial charge in [0.1, 0.15) is 33.3 Å². The molecular weight excluding hydrogens is 496 g/mol. The molecule has 0 unspecified atom stereocenters. The largest absolute Gasteiger partial charge is 0.443 e. The van der Waals surface area contributed by atoms with Gasteiger partial charge in [0.15, 0.2) is 0 Å². The van der Waals surface area contributed by atoms with Gasteiger partial charge in [0.05, 0.1) is 23.0 Å².